The Labute approximate surface area is 184 Å². The maximum atomic E-state index is 11.8. The smallest absolute Gasteiger partial charge is 0.253 e. The van der Waals surface area contributed by atoms with Crippen LogP contribution in [-0.2, 0) is 24.0 Å². The van der Waals surface area contributed by atoms with Crippen molar-refractivity contribution in [3.8, 4) is 0 Å². The molecule has 0 spiro atoms. The lowest BCUT2D eigenvalue weighted by atomic mass is 10.0. The highest BCUT2D eigenvalue weighted by Gasteiger charge is 2.22. The van der Waals surface area contributed by atoms with Crippen LogP contribution in [0, 0.1) is 5.92 Å². The number of likely N-dealkylation sites (N-methyl/N-ethyl adjacent to an activating group) is 1. The predicted molar refractivity (Wildman–Crippen MR) is 116 cm³/mol. The van der Waals surface area contributed by atoms with Gasteiger partial charge in [-0.1, -0.05) is 26.7 Å². The molecule has 1 rings (SSSR count). The standard InChI is InChI=1S/C22H35N4O5/c1-17(2)18(16-27)25(3)14-8-4-6-10-19(28)23-24-20(29)11-7-5-9-15-26-21(30)12-13-22(26)31/h12-13,17-18H,4-11,14-15H2,1-3H3,(H,23,28)(H,24,29)/t18-/m1/s1. The van der Waals surface area contributed by atoms with Gasteiger partial charge in [0.15, 0.2) is 0 Å². The summed E-state index contributed by atoms with van der Waals surface area (Å²) < 4.78 is 0. The zero-order valence-corrected chi connectivity index (χ0v) is 18.8. The molecule has 1 aliphatic rings. The van der Waals surface area contributed by atoms with Gasteiger partial charge in [-0.3, -0.25) is 44.6 Å². The molecule has 0 aromatic carbocycles. The van der Waals surface area contributed by atoms with Crippen LogP contribution >= 0.6 is 0 Å². The molecule has 0 unspecified atom stereocenters. The van der Waals surface area contributed by atoms with Crippen LogP contribution in [0.2, 0.25) is 0 Å². The van der Waals surface area contributed by atoms with E-state index in [9.17, 15) is 24.0 Å². The molecular weight excluding hydrogens is 400 g/mol. The lowest BCUT2D eigenvalue weighted by molar-refractivity contribution is -0.137. The van der Waals surface area contributed by atoms with Crippen molar-refractivity contribution in [1.82, 2.24) is 20.7 Å². The van der Waals surface area contributed by atoms with Crippen LogP contribution in [0.15, 0.2) is 12.2 Å². The second kappa shape index (κ2) is 14.5. The van der Waals surface area contributed by atoms with E-state index in [0.717, 1.165) is 19.4 Å². The average Bonchev–Trinajstić information content (AvgIpc) is 3.03. The number of unbranched alkanes of at least 4 members (excludes halogenated alkanes) is 4. The summed E-state index contributed by atoms with van der Waals surface area (Å²) in [6.07, 6.45) is 9.54. The van der Waals surface area contributed by atoms with E-state index in [0.29, 0.717) is 38.6 Å². The summed E-state index contributed by atoms with van der Waals surface area (Å²) in [5.74, 6) is -0.877. The Morgan fingerprint density at radius 1 is 0.935 bits per heavy atom. The molecule has 4 amide bonds. The van der Waals surface area contributed by atoms with Crippen LogP contribution in [-0.4, -0.2) is 65.9 Å². The van der Waals surface area contributed by atoms with Crippen LogP contribution in [0.4, 0.5) is 0 Å². The van der Waals surface area contributed by atoms with E-state index >= 15 is 0 Å². The SMILES string of the molecule is CC(C)[C@@H]([C]=O)N(C)CCCCCC(=O)NNC(=O)CCCCCN1C(=O)C=CC1=O. The molecule has 31 heavy (non-hydrogen) atoms. The summed E-state index contributed by atoms with van der Waals surface area (Å²) in [6.45, 7) is 5.10. The van der Waals surface area contributed by atoms with Crippen LogP contribution < -0.4 is 10.9 Å². The number of rotatable bonds is 15. The van der Waals surface area contributed by atoms with Gasteiger partial charge in [-0.2, -0.15) is 0 Å². The van der Waals surface area contributed by atoms with Crippen molar-refractivity contribution in [3.63, 3.8) is 0 Å². The van der Waals surface area contributed by atoms with Gasteiger partial charge in [0.2, 0.25) is 18.1 Å². The molecule has 173 valence electrons. The fraction of sp³-hybridized carbons (Fsp3) is 0.682. The molecule has 1 radical (unpaired) electrons. The second-order valence-electron chi connectivity index (χ2n) is 8.17. The van der Waals surface area contributed by atoms with E-state index in [4.69, 9.17) is 0 Å². The Balaban J connectivity index is 2.01. The first-order chi connectivity index (χ1) is 14.8. The van der Waals surface area contributed by atoms with Gasteiger partial charge >= 0.3 is 0 Å². The van der Waals surface area contributed by atoms with E-state index in [1.807, 2.05) is 25.8 Å². The van der Waals surface area contributed by atoms with Crippen molar-refractivity contribution in [2.75, 3.05) is 20.1 Å². The largest absolute Gasteiger partial charge is 0.296 e. The molecule has 1 heterocycles. The van der Waals surface area contributed by atoms with Gasteiger partial charge in [0, 0.05) is 31.5 Å². The number of amides is 4. The third-order valence-electron chi connectivity index (χ3n) is 5.17. The average molecular weight is 436 g/mol. The topological polar surface area (TPSA) is 116 Å². The molecule has 0 saturated carbocycles. The first kappa shape index (κ1) is 26.5. The van der Waals surface area contributed by atoms with Gasteiger partial charge in [0.25, 0.3) is 11.8 Å². The number of nitrogens with one attached hydrogen (secondary N) is 2. The van der Waals surface area contributed by atoms with E-state index in [1.54, 1.807) is 0 Å². The van der Waals surface area contributed by atoms with Crippen molar-refractivity contribution in [3.05, 3.63) is 12.2 Å². The predicted octanol–water partition coefficient (Wildman–Crippen LogP) is 1.25. The van der Waals surface area contributed by atoms with Gasteiger partial charge in [0.05, 0.1) is 6.04 Å². The fourth-order valence-corrected chi connectivity index (χ4v) is 3.35. The van der Waals surface area contributed by atoms with Crippen molar-refractivity contribution >= 4 is 29.9 Å². The number of hydrogen-bond donors (Lipinski definition) is 2. The highest BCUT2D eigenvalue weighted by molar-refractivity contribution is 6.12. The van der Waals surface area contributed by atoms with Crippen molar-refractivity contribution in [2.24, 2.45) is 5.92 Å². The molecule has 1 aliphatic heterocycles. The minimum Gasteiger partial charge on any atom is -0.296 e. The minimum absolute atomic E-state index is 0.208. The lowest BCUT2D eigenvalue weighted by Crippen LogP contribution is -2.41. The maximum absolute atomic E-state index is 11.8. The summed E-state index contributed by atoms with van der Waals surface area (Å²) in [5, 5.41) is 0. The molecule has 1 atom stereocenters. The minimum atomic E-state index is -0.295. The third-order valence-corrected chi connectivity index (χ3v) is 5.17. The summed E-state index contributed by atoms with van der Waals surface area (Å²) >= 11 is 0. The highest BCUT2D eigenvalue weighted by Crippen LogP contribution is 2.09. The van der Waals surface area contributed by atoms with Crippen LogP contribution in [0.25, 0.3) is 0 Å². The van der Waals surface area contributed by atoms with E-state index in [2.05, 4.69) is 17.1 Å². The van der Waals surface area contributed by atoms with Gasteiger partial charge in [-0.15, -0.1) is 0 Å². The van der Waals surface area contributed by atoms with E-state index in [1.165, 1.54) is 17.1 Å². The number of hydrazine groups is 1. The summed E-state index contributed by atoms with van der Waals surface area (Å²) in [4.78, 5) is 60.6. The fourth-order valence-electron chi connectivity index (χ4n) is 3.35. The van der Waals surface area contributed by atoms with Gasteiger partial charge in [0.1, 0.15) is 0 Å². The molecule has 0 aliphatic carbocycles. The third kappa shape index (κ3) is 10.3. The molecule has 0 aromatic rings. The highest BCUT2D eigenvalue weighted by atomic mass is 16.2. The molecular formula is C22H35N4O5. The summed E-state index contributed by atoms with van der Waals surface area (Å²) in [6, 6.07) is -0.208. The number of carbonyl (C=O) groups excluding carboxylic acids is 5. The van der Waals surface area contributed by atoms with Gasteiger partial charge < -0.3 is 0 Å². The van der Waals surface area contributed by atoms with E-state index in [-0.39, 0.29) is 42.0 Å². The lowest BCUT2D eigenvalue weighted by Gasteiger charge is -2.25. The van der Waals surface area contributed by atoms with Gasteiger partial charge in [-0.05, 0) is 45.2 Å². The summed E-state index contributed by atoms with van der Waals surface area (Å²) in [5.41, 5.74) is 4.82. The first-order valence-electron chi connectivity index (χ1n) is 11.0. The molecule has 0 saturated heterocycles. The van der Waals surface area contributed by atoms with Gasteiger partial charge in [-0.25, -0.2) is 0 Å². The number of carbonyl (C=O) groups is 4. The zero-order chi connectivity index (χ0) is 23.2. The molecule has 0 aromatic heterocycles. The normalized spacial score (nSPS) is 14.4. The molecule has 9 nitrogen and oxygen atoms in total. The second-order valence-corrected chi connectivity index (χ2v) is 8.17. The Bertz CT molecular complexity index is 644. The van der Waals surface area contributed by atoms with Crippen molar-refractivity contribution < 1.29 is 24.0 Å². The van der Waals surface area contributed by atoms with Crippen LogP contribution in [0.1, 0.15) is 65.2 Å². The first-order valence-corrected chi connectivity index (χ1v) is 11.0. The quantitative estimate of drug-likeness (QED) is 0.227. The van der Waals surface area contributed by atoms with Crippen molar-refractivity contribution in [1.29, 1.82) is 0 Å². The van der Waals surface area contributed by atoms with E-state index < -0.39 is 0 Å². The maximum Gasteiger partial charge on any atom is 0.253 e. The molecule has 0 fully saturated rings. The molecule has 2 N–H and O–H groups in total. The molecule has 0 bridgehead atoms. The number of imide groups is 1. The van der Waals surface area contributed by atoms with Crippen LogP contribution in [0.5, 0.6) is 0 Å². The zero-order valence-electron chi connectivity index (χ0n) is 18.8. The number of hydrogen-bond acceptors (Lipinski definition) is 6. The van der Waals surface area contributed by atoms with Crippen molar-refractivity contribution in [2.45, 2.75) is 71.3 Å². The Morgan fingerprint density at radius 2 is 1.45 bits per heavy atom. The Kier molecular flexibility index (Phi) is 12.3. The molecule has 9 heteroatoms. The number of nitrogens with zero attached hydrogens (tertiary/aromatic N) is 2. The Hall–Kier alpha value is -2.55. The van der Waals surface area contributed by atoms with Crippen LogP contribution in [0.3, 0.4) is 0 Å². The monoisotopic (exact) mass is 435 g/mol. The summed E-state index contributed by atoms with van der Waals surface area (Å²) in [7, 11) is 1.90. The Morgan fingerprint density at radius 3 is 1.94 bits per heavy atom.